The van der Waals surface area contributed by atoms with Gasteiger partial charge in [-0.3, -0.25) is 0 Å². The molecule has 0 fully saturated rings. The van der Waals surface area contributed by atoms with Crippen molar-refractivity contribution in [1.29, 1.82) is 0 Å². The van der Waals surface area contributed by atoms with E-state index in [9.17, 15) is 0 Å². The number of benzene rings is 2. The average Bonchev–Trinajstić information content (AvgIpc) is 2.53. The number of rotatable bonds is 8. The van der Waals surface area contributed by atoms with E-state index in [-0.39, 0.29) is 0 Å². The molecule has 0 saturated carbocycles. The van der Waals surface area contributed by atoms with Gasteiger partial charge in [0.2, 0.25) is 0 Å². The molecular formula is C19H24O2. The molecule has 0 aliphatic heterocycles. The lowest BCUT2D eigenvalue weighted by Crippen LogP contribution is -2.02. The van der Waals surface area contributed by atoms with E-state index >= 15 is 0 Å². The Morgan fingerprint density at radius 2 is 1.10 bits per heavy atom. The Balaban J connectivity index is 2.18. The van der Waals surface area contributed by atoms with Crippen molar-refractivity contribution < 1.29 is 9.47 Å². The summed E-state index contributed by atoms with van der Waals surface area (Å²) in [5.74, 6) is 1.95. The van der Waals surface area contributed by atoms with E-state index in [1.807, 2.05) is 24.3 Å². The lowest BCUT2D eigenvalue weighted by atomic mass is 10.0. The molecule has 21 heavy (non-hydrogen) atoms. The Bertz CT molecular complexity index is 499. The largest absolute Gasteiger partial charge is 0.493 e. The maximum absolute atomic E-state index is 5.84. The summed E-state index contributed by atoms with van der Waals surface area (Å²) in [4.78, 5) is 0. The summed E-state index contributed by atoms with van der Waals surface area (Å²) < 4.78 is 11.7. The van der Waals surface area contributed by atoms with Crippen molar-refractivity contribution in [3.05, 3.63) is 59.7 Å². The summed E-state index contributed by atoms with van der Waals surface area (Å²) in [6, 6.07) is 16.5. The molecule has 0 amide bonds. The summed E-state index contributed by atoms with van der Waals surface area (Å²) in [7, 11) is 0. The Morgan fingerprint density at radius 1 is 0.667 bits per heavy atom. The molecule has 0 aliphatic rings. The second-order valence-corrected chi connectivity index (χ2v) is 5.09. The van der Waals surface area contributed by atoms with E-state index in [1.165, 1.54) is 11.1 Å². The zero-order chi connectivity index (χ0) is 14.9. The molecule has 2 aromatic carbocycles. The van der Waals surface area contributed by atoms with Gasteiger partial charge in [-0.2, -0.15) is 0 Å². The van der Waals surface area contributed by atoms with Crippen molar-refractivity contribution in [2.75, 3.05) is 13.2 Å². The molecule has 2 rings (SSSR count). The van der Waals surface area contributed by atoms with Crippen LogP contribution < -0.4 is 9.47 Å². The molecule has 0 atom stereocenters. The highest BCUT2D eigenvalue weighted by Gasteiger charge is 2.08. The van der Waals surface area contributed by atoms with Gasteiger partial charge in [-0.25, -0.2) is 0 Å². The van der Waals surface area contributed by atoms with Gasteiger partial charge in [0.25, 0.3) is 0 Å². The fourth-order valence-electron chi connectivity index (χ4n) is 2.21. The van der Waals surface area contributed by atoms with Gasteiger partial charge in [0.15, 0.2) is 0 Å². The van der Waals surface area contributed by atoms with Crippen molar-refractivity contribution in [2.24, 2.45) is 0 Å². The van der Waals surface area contributed by atoms with E-state index in [0.29, 0.717) is 0 Å². The number of hydrogen-bond donors (Lipinski definition) is 0. The zero-order valence-corrected chi connectivity index (χ0v) is 13.0. The normalized spacial score (nSPS) is 10.4. The molecule has 0 bridgehead atoms. The van der Waals surface area contributed by atoms with Crippen molar-refractivity contribution in [1.82, 2.24) is 0 Å². The molecular weight excluding hydrogens is 260 g/mol. The molecule has 0 radical (unpaired) electrons. The molecule has 0 spiro atoms. The molecule has 112 valence electrons. The van der Waals surface area contributed by atoms with Gasteiger partial charge in [-0.1, -0.05) is 50.2 Å². The average molecular weight is 284 g/mol. The van der Waals surface area contributed by atoms with Crippen molar-refractivity contribution in [3.8, 4) is 11.5 Å². The van der Waals surface area contributed by atoms with Crippen molar-refractivity contribution in [3.63, 3.8) is 0 Å². The minimum atomic E-state index is 0.755. The van der Waals surface area contributed by atoms with Crippen LogP contribution in [0.1, 0.15) is 37.8 Å². The van der Waals surface area contributed by atoms with Crippen LogP contribution in [0.4, 0.5) is 0 Å². The molecule has 0 unspecified atom stereocenters. The van der Waals surface area contributed by atoms with Crippen LogP contribution in [0.25, 0.3) is 0 Å². The molecule has 0 N–H and O–H groups in total. The molecule has 2 heteroatoms. The molecule has 0 heterocycles. The third kappa shape index (κ3) is 4.52. The lowest BCUT2D eigenvalue weighted by Gasteiger charge is -2.14. The molecule has 0 aromatic heterocycles. The molecule has 0 aliphatic carbocycles. The summed E-state index contributed by atoms with van der Waals surface area (Å²) in [5.41, 5.74) is 2.41. The van der Waals surface area contributed by atoms with Gasteiger partial charge in [0.1, 0.15) is 11.5 Å². The topological polar surface area (TPSA) is 18.5 Å². The van der Waals surface area contributed by atoms with E-state index < -0.39 is 0 Å². The second-order valence-electron chi connectivity index (χ2n) is 5.09. The van der Waals surface area contributed by atoms with E-state index in [2.05, 4.69) is 38.1 Å². The summed E-state index contributed by atoms with van der Waals surface area (Å²) in [6.07, 6.45) is 2.87. The van der Waals surface area contributed by atoms with E-state index in [4.69, 9.17) is 9.47 Å². The highest BCUT2D eigenvalue weighted by atomic mass is 16.5. The molecule has 0 saturated heterocycles. The highest BCUT2D eigenvalue weighted by molar-refractivity contribution is 5.42. The number of ether oxygens (including phenoxy) is 2. The second kappa shape index (κ2) is 8.35. The maximum atomic E-state index is 5.84. The zero-order valence-electron chi connectivity index (χ0n) is 13.0. The first-order chi connectivity index (χ1) is 10.3. The molecule has 2 nitrogen and oxygen atoms in total. The minimum absolute atomic E-state index is 0.755. The Labute approximate surface area is 127 Å². The van der Waals surface area contributed by atoms with Crippen LogP contribution in [0.15, 0.2) is 48.5 Å². The molecule has 2 aromatic rings. The Morgan fingerprint density at radius 3 is 1.52 bits per heavy atom. The summed E-state index contributed by atoms with van der Waals surface area (Å²) in [6.45, 7) is 5.75. The first kappa shape index (κ1) is 15.4. The van der Waals surface area contributed by atoms with Crippen molar-refractivity contribution >= 4 is 0 Å². The van der Waals surface area contributed by atoms with Crippen LogP contribution in [0.5, 0.6) is 11.5 Å². The van der Waals surface area contributed by atoms with Gasteiger partial charge in [-0.15, -0.1) is 0 Å². The van der Waals surface area contributed by atoms with Crippen LogP contribution in [0, 0.1) is 0 Å². The van der Waals surface area contributed by atoms with Gasteiger partial charge < -0.3 is 9.47 Å². The van der Waals surface area contributed by atoms with Crippen molar-refractivity contribution in [2.45, 2.75) is 33.1 Å². The van der Waals surface area contributed by atoms with Gasteiger partial charge in [0.05, 0.1) is 13.2 Å². The third-order valence-corrected chi connectivity index (χ3v) is 3.25. The quantitative estimate of drug-likeness (QED) is 0.689. The summed E-state index contributed by atoms with van der Waals surface area (Å²) >= 11 is 0. The Hall–Kier alpha value is -1.96. The standard InChI is InChI=1S/C19H24O2/c1-3-13-20-18-11-7-5-9-16(18)15-17-10-6-8-12-19(17)21-14-4-2/h5-12H,3-4,13-15H2,1-2H3. The monoisotopic (exact) mass is 284 g/mol. The van der Waals surface area contributed by atoms with Crippen LogP contribution in [0.3, 0.4) is 0 Å². The van der Waals surface area contributed by atoms with E-state index in [1.54, 1.807) is 0 Å². The Kier molecular flexibility index (Phi) is 6.14. The van der Waals surface area contributed by atoms with Crippen LogP contribution in [0.2, 0.25) is 0 Å². The van der Waals surface area contributed by atoms with E-state index in [0.717, 1.165) is 44.0 Å². The fourth-order valence-corrected chi connectivity index (χ4v) is 2.21. The lowest BCUT2D eigenvalue weighted by molar-refractivity contribution is 0.311. The fraction of sp³-hybridized carbons (Fsp3) is 0.368. The minimum Gasteiger partial charge on any atom is -0.493 e. The number of para-hydroxylation sites is 2. The predicted molar refractivity (Wildman–Crippen MR) is 87.3 cm³/mol. The predicted octanol–water partition coefficient (Wildman–Crippen LogP) is 4.86. The van der Waals surface area contributed by atoms with Crippen LogP contribution >= 0.6 is 0 Å². The maximum Gasteiger partial charge on any atom is 0.122 e. The highest BCUT2D eigenvalue weighted by Crippen LogP contribution is 2.26. The first-order valence-corrected chi connectivity index (χ1v) is 7.76. The van der Waals surface area contributed by atoms with Crippen LogP contribution in [-0.4, -0.2) is 13.2 Å². The number of hydrogen-bond acceptors (Lipinski definition) is 2. The summed E-state index contributed by atoms with van der Waals surface area (Å²) in [5, 5.41) is 0. The van der Waals surface area contributed by atoms with Gasteiger partial charge in [0, 0.05) is 6.42 Å². The third-order valence-electron chi connectivity index (χ3n) is 3.25. The van der Waals surface area contributed by atoms with Crippen LogP contribution in [-0.2, 0) is 6.42 Å². The van der Waals surface area contributed by atoms with Gasteiger partial charge >= 0.3 is 0 Å². The van der Waals surface area contributed by atoms with Gasteiger partial charge in [-0.05, 0) is 36.1 Å². The first-order valence-electron chi connectivity index (χ1n) is 7.76. The smallest absolute Gasteiger partial charge is 0.122 e. The SMILES string of the molecule is CCCOc1ccccc1Cc1ccccc1OCCC.